The van der Waals surface area contributed by atoms with E-state index in [1.54, 1.807) is 0 Å². The van der Waals surface area contributed by atoms with E-state index in [9.17, 15) is 0 Å². The highest BCUT2D eigenvalue weighted by Gasteiger charge is 2.23. The molecule has 0 spiro atoms. The van der Waals surface area contributed by atoms with Crippen molar-refractivity contribution in [3.05, 3.63) is 132 Å². The van der Waals surface area contributed by atoms with Crippen LogP contribution in [0, 0.1) is 6.92 Å². The predicted octanol–water partition coefficient (Wildman–Crippen LogP) is 11.1. The summed E-state index contributed by atoms with van der Waals surface area (Å²) in [5.74, 6) is 1.93. The molecule has 0 atom stereocenters. The number of H-pyrrole nitrogens is 1. The van der Waals surface area contributed by atoms with Gasteiger partial charge in [0.25, 0.3) is 0 Å². The maximum Gasteiger partial charge on any atom is 0.147 e. The van der Waals surface area contributed by atoms with Gasteiger partial charge < -0.3 is 4.98 Å². The Kier molecular flexibility index (Phi) is 6.75. The highest BCUT2D eigenvalue weighted by atomic mass is 15.1. The van der Waals surface area contributed by atoms with E-state index in [2.05, 4.69) is 178 Å². The minimum absolute atomic E-state index is 0.0407. The third kappa shape index (κ3) is 5.02. The fourth-order valence-electron chi connectivity index (χ4n) is 6.78. The van der Waals surface area contributed by atoms with Crippen molar-refractivity contribution in [3.8, 4) is 34.2 Å². The Morgan fingerprint density at radius 2 is 1.29 bits per heavy atom. The van der Waals surface area contributed by atoms with E-state index in [-0.39, 0.29) is 10.8 Å². The maximum atomic E-state index is 5.46. The minimum atomic E-state index is -0.0848. The van der Waals surface area contributed by atoms with Gasteiger partial charge in [-0.05, 0) is 108 Å². The molecule has 0 saturated carbocycles. The molecule has 4 aromatic heterocycles. The zero-order valence-electron chi connectivity index (χ0n) is 28.8. The number of hydrogen-bond donors (Lipinski definition) is 1. The van der Waals surface area contributed by atoms with Crippen LogP contribution in [0.25, 0.3) is 67.1 Å². The third-order valence-corrected chi connectivity index (χ3v) is 9.47. The predicted molar refractivity (Wildman–Crippen MR) is 201 cm³/mol. The second kappa shape index (κ2) is 10.8. The molecule has 4 aromatic carbocycles. The molecule has 5 heteroatoms. The Balaban J connectivity index is 1.39. The molecule has 238 valence electrons. The van der Waals surface area contributed by atoms with Gasteiger partial charge in [0, 0.05) is 33.3 Å². The Morgan fingerprint density at radius 1 is 0.562 bits per heavy atom. The summed E-state index contributed by atoms with van der Waals surface area (Å²) >= 11 is 0. The van der Waals surface area contributed by atoms with E-state index in [1.807, 2.05) is 0 Å². The van der Waals surface area contributed by atoms with Crippen LogP contribution in [0.5, 0.6) is 0 Å². The molecular formula is C43H41N5. The van der Waals surface area contributed by atoms with Gasteiger partial charge in [0.1, 0.15) is 17.3 Å². The lowest BCUT2D eigenvalue weighted by Gasteiger charge is -2.22. The lowest BCUT2D eigenvalue weighted by atomic mass is 9.84. The van der Waals surface area contributed by atoms with E-state index in [1.165, 1.54) is 16.5 Å². The molecule has 1 N–H and O–H groups in total. The van der Waals surface area contributed by atoms with Crippen molar-refractivity contribution < 1.29 is 0 Å². The number of fused-ring (bicyclic) bond motifs is 4. The Hall–Kier alpha value is -5.42. The largest absolute Gasteiger partial charge is 0.345 e. The van der Waals surface area contributed by atoms with Crippen molar-refractivity contribution in [1.82, 2.24) is 24.1 Å². The van der Waals surface area contributed by atoms with Crippen molar-refractivity contribution in [1.29, 1.82) is 0 Å². The molecule has 0 amide bonds. The van der Waals surface area contributed by atoms with E-state index >= 15 is 0 Å². The summed E-state index contributed by atoms with van der Waals surface area (Å²) in [5, 5.41) is 2.36. The highest BCUT2D eigenvalue weighted by molar-refractivity contribution is 6.08. The van der Waals surface area contributed by atoms with Crippen LogP contribution in [0.4, 0.5) is 0 Å². The summed E-state index contributed by atoms with van der Waals surface area (Å²) in [6, 6.07) is 41.3. The maximum absolute atomic E-state index is 5.46. The summed E-state index contributed by atoms with van der Waals surface area (Å²) in [6.07, 6.45) is 0. The van der Waals surface area contributed by atoms with Gasteiger partial charge in [-0.15, -0.1) is 0 Å². The topological polar surface area (TPSA) is 51.4 Å². The molecule has 4 heterocycles. The number of rotatable bonds is 4. The number of pyridine rings is 1. The van der Waals surface area contributed by atoms with Gasteiger partial charge in [-0.2, -0.15) is 0 Å². The summed E-state index contributed by atoms with van der Waals surface area (Å²) in [5.41, 5.74) is 11.9. The molecule has 5 nitrogen and oxygen atoms in total. The number of benzene rings is 4. The van der Waals surface area contributed by atoms with E-state index in [4.69, 9.17) is 9.97 Å². The number of hydrogen-bond acceptors (Lipinski definition) is 2. The molecule has 0 saturated heterocycles. The molecule has 0 aliphatic heterocycles. The Morgan fingerprint density at radius 3 is 2.02 bits per heavy atom. The van der Waals surface area contributed by atoms with E-state index in [0.29, 0.717) is 0 Å². The monoisotopic (exact) mass is 627 g/mol. The van der Waals surface area contributed by atoms with Gasteiger partial charge in [-0.25, -0.2) is 9.97 Å². The number of nitrogens with zero attached hydrogens (tertiary/aromatic N) is 4. The molecular weight excluding hydrogens is 587 g/mol. The third-order valence-electron chi connectivity index (χ3n) is 9.47. The lowest BCUT2D eigenvalue weighted by Crippen LogP contribution is -2.12. The van der Waals surface area contributed by atoms with Crippen LogP contribution in [0.1, 0.15) is 58.4 Å². The van der Waals surface area contributed by atoms with Crippen molar-refractivity contribution >= 4 is 33.0 Å². The van der Waals surface area contributed by atoms with Crippen LogP contribution in [-0.4, -0.2) is 24.1 Å². The van der Waals surface area contributed by atoms with Gasteiger partial charge in [0.05, 0.1) is 22.2 Å². The van der Waals surface area contributed by atoms with Crippen LogP contribution in [0.3, 0.4) is 0 Å². The smallest absolute Gasteiger partial charge is 0.147 e. The fraction of sp³-hybridized carbons (Fsp3) is 0.209. The molecule has 0 fully saturated rings. The quantitative estimate of drug-likeness (QED) is 0.211. The number of aryl methyl sites for hydroxylation is 1. The van der Waals surface area contributed by atoms with Crippen LogP contribution >= 0.6 is 0 Å². The summed E-state index contributed by atoms with van der Waals surface area (Å²) in [6.45, 7) is 15.7. The molecule has 0 unspecified atom stereocenters. The number of aromatic amines is 1. The number of nitrogens with one attached hydrogen (secondary N) is 1. The number of aromatic nitrogens is 5. The zero-order valence-corrected chi connectivity index (χ0v) is 28.8. The van der Waals surface area contributed by atoms with Crippen molar-refractivity contribution in [2.75, 3.05) is 0 Å². The molecule has 8 aromatic rings. The van der Waals surface area contributed by atoms with Crippen LogP contribution in [0.2, 0.25) is 0 Å². The minimum Gasteiger partial charge on any atom is -0.345 e. The van der Waals surface area contributed by atoms with Gasteiger partial charge in [0.15, 0.2) is 0 Å². The summed E-state index contributed by atoms with van der Waals surface area (Å²) in [7, 11) is 0. The molecule has 0 aliphatic carbocycles. The van der Waals surface area contributed by atoms with E-state index in [0.717, 1.165) is 67.4 Å². The summed E-state index contributed by atoms with van der Waals surface area (Å²) < 4.78 is 4.55. The summed E-state index contributed by atoms with van der Waals surface area (Å²) in [4.78, 5) is 14.2. The van der Waals surface area contributed by atoms with Crippen molar-refractivity contribution in [3.63, 3.8) is 0 Å². The van der Waals surface area contributed by atoms with Crippen molar-refractivity contribution in [2.24, 2.45) is 0 Å². The lowest BCUT2D eigenvalue weighted by molar-refractivity contribution is 0.590. The molecule has 0 radical (unpaired) electrons. The molecule has 48 heavy (non-hydrogen) atoms. The zero-order chi connectivity index (χ0) is 33.4. The van der Waals surface area contributed by atoms with E-state index < -0.39 is 0 Å². The standard InChI is InChI=1S/C43H41N5/c1-27-17-22-39(44-27)48-37-21-18-30(42(2,3)4)26-34(37)33-19-20-35(45-41(33)48)28-23-29(25-31(24-28)43(5,6)7)40-46-36-15-11-12-16-38(36)47(40)32-13-9-8-10-14-32/h8-26,44H,1-7H3. The van der Waals surface area contributed by atoms with Gasteiger partial charge in [-0.1, -0.05) is 77.9 Å². The van der Waals surface area contributed by atoms with Crippen LogP contribution in [-0.2, 0) is 10.8 Å². The average Bonchev–Trinajstić information content (AvgIpc) is 3.76. The number of para-hydroxylation sites is 3. The van der Waals surface area contributed by atoms with Crippen LogP contribution < -0.4 is 0 Å². The number of imidazole rings is 1. The Bertz CT molecular complexity index is 2480. The first kappa shape index (κ1) is 29.9. The molecule has 0 bridgehead atoms. The molecule has 0 aliphatic rings. The van der Waals surface area contributed by atoms with Gasteiger partial charge in [0.2, 0.25) is 0 Å². The Labute approximate surface area is 281 Å². The first-order valence-electron chi connectivity index (χ1n) is 16.8. The average molecular weight is 628 g/mol. The first-order chi connectivity index (χ1) is 23.0. The SMILES string of the molecule is Cc1ccc(-n2c3ccc(C(C)(C)C)cc3c3ccc(-c4cc(-c5nc6ccccc6n5-c5ccccc5)cc(C(C)(C)C)c4)nc32)[nH]1. The highest BCUT2D eigenvalue weighted by Crippen LogP contribution is 2.38. The van der Waals surface area contributed by atoms with Crippen molar-refractivity contribution in [2.45, 2.75) is 59.3 Å². The first-order valence-corrected chi connectivity index (χ1v) is 16.8. The normalized spacial score (nSPS) is 12.5. The second-order valence-corrected chi connectivity index (χ2v) is 15.1. The fourth-order valence-corrected chi connectivity index (χ4v) is 6.78. The van der Waals surface area contributed by atoms with Crippen LogP contribution in [0.15, 0.2) is 115 Å². The second-order valence-electron chi connectivity index (χ2n) is 15.1. The van der Waals surface area contributed by atoms with Gasteiger partial charge in [-0.3, -0.25) is 9.13 Å². The van der Waals surface area contributed by atoms with Gasteiger partial charge >= 0.3 is 0 Å². The molecule has 8 rings (SSSR count).